The van der Waals surface area contributed by atoms with E-state index in [0.717, 1.165) is 11.3 Å². The van der Waals surface area contributed by atoms with Crippen LogP contribution >= 0.6 is 23.4 Å². The molecule has 0 aliphatic heterocycles. The van der Waals surface area contributed by atoms with Gasteiger partial charge >= 0.3 is 0 Å². The molecule has 0 saturated heterocycles. The summed E-state index contributed by atoms with van der Waals surface area (Å²) in [6.07, 6.45) is 0. The molecule has 24 heavy (non-hydrogen) atoms. The van der Waals surface area contributed by atoms with Crippen LogP contribution in [-0.2, 0) is 4.79 Å². The van der Waals surface area contributed by atoms with E-state index in [0.29, 0.717) is 16.0 Å². The third kappa shape index (κ3) is 3.44. The van der Waals surface area contributed by atoms with Crippen molar-refractivity contribution >= 4 is 29.3 Å². The van der Waals surface area contributed by atoms with Crippen molar-refractivity contribution in [2.24, 2.45) is 5.73 Å². The number of carbonyl (C=O) groups excluding carboxylic acids is 1. The van der Waals surface area contributed by atoms with Crippen molar-refractivity contribution in [2.75, 3.05) is 0 Å². The van der Waals surface area contributed by atoms with Crippen molar-refractivity contribution in [1.29, 1.82) is 0 Å². The Bertz CT molecular complexity index is 849. The zero-order valence-corrected chi connectivity index (χ0v) is 14.5. The van der Waals surface area contributed by atoms with E-state index >= 15 is 0 Å². The first-order valence-electron chi connectivity index (χ1n) is 7.29. The Morgan fingerprint density at radius 2 is 1.79 bits per heavy atom. The number of nitrogens with zero attached hydrogens (tertiary/aromatic N) is 3. The largest absolute Gasteiger partial charge is 0.369 e. The van der Waals surface area contributed by atoms with Gasteiger partial charge < -0.3 is 5.73 Å². The number of halogens is 1. The van der Waals surface area contributed by atoms with E-state index < -0.39 is 11.2 Å². The summed E-state index contributed by atoms with van der Waals surface area (Å²) in [5.41, 5.74) is 7.17. The molecular formula is C17H15ClN4OS. The lowest BCUT2D eigenvalue weighted by Gasteiger charge is -2.12. The molecular weight excluding hydrogens is 344 g/mol. The van der Waals surface area contributed by atoms with E-state index in [2.05, 4.69) is 10.2 Å². The quantitative estimate of drug-likeness (QED) is 0.708. The van der Waals surface area contributed by atoms with E-state index in [9.17, 15) is 4.79 Å². The Morgan fingerprint density at radius 1 is 1.12 bits per heavy atom. The smallest absolute Gasteiger partial charge is 0.230 e. The first-order chi connectivity index (χ1) is 11.6. The second kappa shape index (κ2) is 7.07. The minimum absolute atomic E-state index is 0.396. The summed E-state index contributed by atoms with van der Waals surface area (Å²) in [6.45, 7) is 1.75. The molecule has 1 aromatic heterocycles. The van der Waals surface area contributed by atoms with Gasteiger partial charge in [-0.1, -0.05) is 53.7 Å². The summed E-state index contributed by atoms with van der Waals surface area (Å²) in [6, 6.07) is 17.1. The van der Waals surface area contributed by atoms with E-state index in [1.54, 1.807) is 19.1 Å². The van der Waals surface area contributed by atoms with Crippen molar-refractivity contribution in [2.45, 2.75) is 17.3 Å². The Morgan fingerprint density at radius 3 is 2.42 bits per heavy atom. The molecule has 5 nitrogen and oxygen atoms in total. The Labute approximate surface area is 148 Å². The second-order valence-corrected chi connectivity index (χ2v) is 6.89. The van der Waals surface area contributed by atoms with Gasteiger partial charge in [-0.3, -0.25) is 9.36 Å². The second-order valence-electron chi connectivity index (χ2n) is 5.15. The monoisotopic (exact) mass is 358 g/mol. The number of benzene rings is 2. The predicted octanol–water partition coefficient (Wildman–Crippen LogP) is 3.55. The van der Waals surface area contributed by atoms with Crippen molar-refractivity contribution in [3.8, 4) is 17.1 Å². The fourth-order valence-corrected chi connectivity index (χ4v) is 3.10. The van der Waals surface area contributed by atoms with Crippen LogP contribution in [0.5, 0.6) is 0 Å². The van der Waals surface area contributed by atoms with Crippen LogP contribution in [0.15, 0.2) is 59.8 Å². The van der Waals surface area contributed by atoms with E-state index in [1.807, 2.05) is 47.0 Å². The van der Waals surface area contributed by atoms with Crippen LogP contribution in [0, 0.1) is 0 Å². The summed E-state index contributed by atoms with van der Waals surface area (Å²) in [5, 5.41) is 9.39. The van der Waals surface area contributed by atoms with Gasteiger partial charge in [0.2, 0.25) is 5.91 Å². The van der Waals surface area contributed by atoms with Gasteiger partial charge in [0.1, 0.15) is 0 Å². The highest BCUT2D eigenvalue weighted by atomic mass is 35.5. The predicted molar refractivity (Wildman–Crippen MR) is 96.3 cm³/mol. The maximum absolute atomic E-state index is 11.4. The summed E-state index contributed by atoms with van der Waals surface area (Å²) in [7, 11) is 0. The molecule has 0 fully saturated rings. The molecule has 1 atom stereocenters. The molecule has 0 aliphatic rings. The van der Waals surface area contributed by atoms with Gasteiger partial charge in [-0.05, 0) is 31.2 Å². The van der Waals surface area contributed by atoms with E-state index in [4.69, 9.17) is 17.3 Å². The molecule has 3 aromatic rings. The van der Waals surface area contributed by atoms with Crippen LogP contribution in [0.1, 0.15) is 6.92 Å². The van der Waals surface area contributed by atoms with Crippen LogP contribution in [0.25, 0.3) is 17.1 Å². The Hall–Kier alpha value is -2.31. The maximum atomic E-state index is 11.4. The number of thioether (sulfide) groups is 1. The fourth-order valence-electron chi connectivity index (χ4n) is 2.16. The van der Waals surface area contributed by atoms with Gasteiger partial charge in [-0.25, -0.2) is 0 Å². The molecule has 1 amide bonds. The van der Waals surface area contributed by atoms with Crippen LogP contribution in [0.4, 0.5) is 0 Å². The maximum Gasteiger partial charge on any atom is 0.230 e. The number of amides is 1. The molecule has 2 aromatic carbocycles. The van der Waals surface area contributed by atoms with Crippen molar-refractivity contribution < 1.29 is 4.79 Å². The lowest BCUT2D eigenvalue weighted by atomic mass is 10.2. The summed E-state index contributed by atoms with van der Waals surface area (Å²) < 4.78 is 1.90. The highest BCUT2D eigenvalue weighted by Crippen LogP contribution is 2.30. The minimum atomic E-state index is -0.413. The van der Waals surface area contributed by atoms with Crippen LogP contribution < -0.4 is 5.73 Å². The van der Waals surface area contributed by atoms with Gasteiger partial charge in [-0.2, -0.15) is 0 Å². The number of nitrogens with two attached hydrogens (primary N) is 1. The van der Waals surface area contributed by atoms with Crippen LogP contribution in [0.2, 0.25) is 5.02 Å². The van der Waals surface area contributed by atoms with Gasteiger partial charge in [0.15, 0.2) is 11.0 Å². The van der Waals surface area contributed by atoms with Gasteiger partial charge in [-0.15, -0.1) is 10.2 Å². The van der Waals surface area contributed by atoms with Gasteiger partial charge in [0, 0.05) is 16.3 Å². The Kier molecular flexibility index (Phi) is 4.87. The zero-order chi connectivity index (χ0) is 17.1. The standard InChI is InChI=1S/C17H15ClN4OS/c1-11(15(19)23)24-17-21-20-16(12-5-3-2-4-6-12)22(17)14-9-7-13(18)8-10-14/h2-11H,1H3,(H2,19,23)/t11-/m0/s1. The summed E-state index contributed by atoms with van der Waals surface area (Å²) in [5.74, 6) is 0.295. The van der Waals surface area contributed by atoms with Crippen LogP contribution in [0.3, 0.4) is 0 Å². The number of rotatable bonds is 5. The lowest BCUT2D eigenvalue weighted by Crippen LogP contribution is -2.23. The first-order valence-corrected chi connectivity index (χ1v) is 8.55. The fraction of sp³-hybridized carbons (Fsp3) is 0.118. The summed E-state index contributed by atoms with van der Waals surface area (Å²) in [4.78, 5) is 11.4. The third-order valence-electron chi connectivity index (χ3n) is 3.43. The normalized spacial score (nSPS) is 12.1. The molecule has 3 rings (SSSR count). The number of aromatic nitrogens is 3. The first kappa shape index (κ1) is 16.5. The number of primary amides is 1. The molecule has 0 unspecified atom stereocenters. The van der Waals surface area contributed by atoms with E-state index in [1.165, 1.54) is 11.8 Å². The average molecular weight is 359 g/mol. The zero-order valence-electron chi connectivity index (χ0n) is 12.9. The molecule has 7 heteroatoms. The number of carbonyl (C=O) groups is 1. The molecule has 0 spiro atoms. The minimum Gasteiger partial charge on any atom is -0.369 e. The SMILES string of the molecule is C[C@H](Sc1nnc(-c2ccccc2)n1-c1ccc(Cl)cc1)C(N)=O. The molecule has 0 aliphatic carbocycles. The highest BCUT2D eigenvalue weighted by molar-refractivity contribution is 8.00. The number of hydrogen-bond acceptors (Lipinski definition) is 4. The highest BCUT2D eigenvalue weighted by Gasteiger charge is 2.20. The Balaban J connectivity index is 2.12. The third-order valence-corrected chi connectivity index (χ3v) is 4.75. The molecule has 2 N–H and O–H groups in total. The molecule has 0 bridgehead atoms. The van der Waals surface area contributed by atoms with Crippen LogP contribution in [-0.4, -0.2) is 25.9 Å². The van der Waals surface area contributed by atoms with Gasteiger partial charge in [0.25, 0.3) is 0 Å². The van der Waals surface area contributed by atoms with Crippen molar-refractivity contribution in [3.05, 3.63) is 59.6 Å². The number of hydrogen-bond donors (Lipinski definition) is 1. The topological polar surface area (TPSA) is 73.8 Å². The van der Waals surface area contributed by atoms with Gasteiger partial charge in [0.05, 0.1) is 5.25 Å². The van der Waals surface area contributed by atoms with Crippen molar-refractivity contribution in [3.63, 3.8) is 0 Å². The van der Waals surface area contributed by atoms with Crippen molar-refractivity contribution in [1.82, 2.24) is 14.8 Å². The molecule has 0 radical (unpaired) electrons. The van der Waals surface area contributed by atoms with E-state index in [-0.39, 0.29) is 0 Å². The molecule has 0 saturated carbocycles. The summed E-state index contributed by atoms with van der Waals surface area (Å²) >= 11 is 7.26. The average Bonchev–Trinajstić information content (AvgIpc) is 3.00. The molecule has 122 valence electrons. The molecule has 1 heterocycles. The lowest BCUT2D eigenvalue weighted by molar-refractivity contribution is -0.117.